The van der Waals surface area contributed by atoms with Gasteiger partial charge in [0.15, 0.2) is 0 Å². The van der Waals surface area contributed by atoms with Crippen LogP contribution in [0.3, 0.4) is 0 Å². The molecule has 0 amide bonds. The molecule has 1 aromatic heterocycles. The molecule has 0 saturated heterocycles. The van der Waals surface area contributed by atoms with Crippen molar-refractivity contribution in [2.45, 2.75) is 31.7 Å². The maximum atomic E-state index is 5.69. The highest BCUT2D eigenvalue weighted by molar-refractivity contribution is 5.83. The van der Waals surface area contributed by atoms with Gasteiger partial charge in [-0.3, -0.25) is 4.68 Å². The first-order chi connectivity index (χ1) is 7.79. The maximum absolute atomic E-state index is 5.69. The minimum absolute atomic E-state index is 0.606. The molecule has 1 aliphatic carbocycles. The van der Waals surface area contributed by atoms with Gasteiger partial charge in [-0.05, 0) is 30.5 Å². The maximum Gasteiger partial charge on any atom is 0.0734 e. The second-order valence-electron chi connectivity index (χ2n) is 4.69. The smallest absolute Gasteiger partial charge is 0.0734 e. The van der Waals surface area contributed by atoms with Gasteiger partial charge in [-0.1, -0.05) is 12.5 Å². The van der Waals surface area contributed by atoms with Crippen LogP contribution in [0, 0.1) is 0 Å². The van der Waals surface area contributed by atoms with Crippen LogP contribution in [0.25, 0.3) is 10.9 Å². The summed E-state index contributed by atoms with van der Waals surface area (Å²) in [6.07, 6.45) is 3.93. The summed E-state index contributed by atoms with van der Waals surface area (Å²) in [7, 11) is 2.02. The fourth-order valence-electron chi connectivity index (χ4n) is 2.45. The largest absolute Gasteiger partial charge is 0.326 e. The van der Waals surface area contributed by atoms with E-state index in [2.05, 4.69) is 23.3 Å². The van der Waals surface area contributed by atoms with Gasteiger partial charge in [0.25, 0.3) is 0 Å². The van der Waals surface area contributed by atoms with E-state index in [9.17, 15) is 0 Å². The molecule has 2 aromatic rings. The number of hydrogen-bond donors (Lipinski definition) is 1. The van der Waals surface area contributed by atoms with Gasteiger partial charge in [0.2, 0.25) is 0 Å². The van der Waals surface area contributed by atoms with Gasteiger partial charge in [0.1, 0.15) is 0 Å². The lowest BCUT2D eigenvalue weighted by Crippen LogP contribution is -2.10. The van der Waals surface area contributed by atoms with Crippen LogP contribution >= 0.6 is 0 Å². The summed E-state index contributed by atoms with van der Waals surface area (Å²) in [6, 6.07) is 6.43. The molecular formula is C13H17N3. The number of benzene rings is 1. The number of aryl methyl sites for hydroxylation is 1. The molecule has 0 radical (unpaired) electrons. The molecule has 0 bridgehead atoms. The van der Waals surface area contributed by atoms with Crippen LogP contribution < -0.4 is 5.73 Å². The van der Waals surface area contributed by atoms with E-state index in [-0.39, 0.29) is 0 Å². The van der Waals surface area contributed by atoms with Crippen molar-refractivity contribution in [1.82, 2.24) is 9.78 Å². The number of aromatic nitrogens is 2. The van der Waals surface area contributed by atoms with Crippen molar-refractivity contribution in [3.63, 3.8) is 0 Å². The molecule has 1 aliphatic rings. The Balaban J connectivity index is 2.19. The molecule has 0 aliphatic heterocycles. The van der Waals surface area contributed by atoms with Gasteiger partial charge in [-0.2, -0.15) is 5.10 Å². The number of nitrogens with two attached hydrogens (primary N) is 1. The predicted molar refractivity (Wildman–Crippen MR) is 65.2 cm³/mol. The first-order valence-electron chi connectivity index (χ1n) is 5.95. The Morgan fingerprint density at radius 3 is 2.88 bits per heavy atom. The molecule has 0 spiro atoms. The molecule has 16 heavy (non-hydrogen) atoms. The van der Waals surface area contributed by atoms with E-state index in [0.29, 0.717) is 12.5 Å². The lowest BCUT2D eigenvalue weighted by molar-refractivity contribution is 0.410. The van der Waals surface area contributed by atoms with E-state index >= 15 is 0 Å². The summed E-state index contributed by atoms with van der Waals surface area (Å²) in [6.45, 7) is 0.606. The first-order valence-corrected chi connectivity index (χ1v) is 5.95. The highest BCUT2D eigenvalue weighted by Gasteiger charge is 2.24. The summed E-state index contributed by atoms with van der Waals surface area (Å²) < 4.78 is 1.99. The van der Waals surface area contributed by atoms with Gasteiger partial charge in [-0.25, -0.2) is 0 Å². The normalized spacial score (nSPS) is 16.6. The Kier molecular flexibility index (Phi) is 2.21. The Bertz CT molecular complexity index is 523. The van der Waals surface area contributed by atoms with Gasteiger partial charge >= 0.3 is 0 Å². The molecule has 1 heterocycles. The third kappa shape index (κ3) is 1.35. The van der Waals surface area contributed by atoms with E-state index < -0.39 is 0 Å². The minimum Gasteiger partial charge on any atom is -0.326 e. The van der Waals surface area contributed by atoms with Gasteiger partial charge in [-0.15, -0.1) is 0 Å². The van der Waals surface area contributed by atoms with Crippen molar-refractivity contribution < 1.29 is 0 Å². The van der Waals surface area contributed by atoms with Crippen LogP contribution in [-0.2, 0) is 13.6 Å². The zero-order valence-corrected chi connectivity index (χ0v) is 9.61. The second-order valence-corrected chi connectivity index (χ2v) is 4.69. The van der Waals surface area contributed by atoms with Gasteiger partial charge in [0, 0.05) is 24.9 Å². The molecular weight excluding hydrogens is 198 g/mol. The van der Waals surface area contributed by atoms with E-state index in [1.54, 1.807) is 0 Å². The van der Waals surface area contributed by atoms with Gasteiger partial charge in [0.05, 0.1) is 11.2 Å². The molecule has 3 nitrogen and oxygen atoms in total. The molecule has 2 N–H and O–H groups in total. The lowest BCUT2D eigenvalue weighted by Gasteiger charge is -2.23. The number of rotatable bonds is 2. The Morgan fingerprint density at radius 1 is 1.44 bits per heavy atom. The quantitative estimate of drug-likeness (QED) is 0.835. The van der Waals surface area contributed by atoms with Crippen LogP contribution in [0.2, 0.25) is 0 Å². The third-order valence-corrected chi connectivity index (χ3v) is 3.67. The van der Waals surface area contributed by atoms with Crippen LogP contribution in [0.5, 0.6) is 0 Å². The second kappa shape index (κ2) is 3.59. The Labute approximate surface area is 95.2 Å². The molecule has 1 fully saturated rings. The molecule has 3 rings (SSSR count). The van der Waals surface area contributed by atoms with Crippen molar-refractivity contribution in [3.05, 3.63) is 29.5 Å². The topological polar surface area (TPSA) is 43.8 Å². The summed E-state index contributed by atoms with van der Waals surface area (Å²) in [4.78, 5) is 0. The summed E-state index contributed by atoms with van der Waals surface area (Å²) in [5, 5.41) is 5.96. The highest BCUT2D eigenvalue weighted by Crippen LogP contribution is 2.38. The molecule has 84 valence electrons. The number of nitrogens with zero attached hydrogens (tertiary/aromatic N) is 2. The molecule has 3 heteroatoms. The molecule has 0 atom stereocenters. The van der Waals surface area contributed by atoms with E-state index in [1.165, 1.54) is 41.4 Å². The molecule has 0 unspecified atom stereocenters. The standard InChI is InChI=1S/C13H17N3/c1-16-12-6-5-9(8-14)7-11(12)13(15-16)10-3-2-4-10/h5-7,10H,2-4,8,14H2,1H3. The number of fused-ring (bicyclic) bond motifs is 1. The van der Waals surface area contributed by atoms with Crippen molar-refractivity contribution in [2.24, 2.45) is 12.8 Å². The van der Waals surface area contributed by atoms with Crippen molar-refractivity contribution in [1.29, 1.82) is 0 Å². The fourth-order valence-corrected chi connectivity index (χ4v) is 2.45. The van der Waals surface area contributed by atoms with Crippen molar-refractivity contribution >= 4 is 10.9 Å². The van der Waals surface area contributed by atoms with E-state index in [1.807, 2.05) is 11.7 Å². The SMILES string of the molecule is Cn1nc(C2CCC2)c2cc(CN)ccc21. The van der Waals surface area contributed by atoms with Crippen LogP contribution in [0.15, 0.2) is 18.2 Å². The van der Waals surface area contributed by atoms with Gasteiger partial charge < -0.3 is 5.73 Å². The minimum atomic E-state index is 0.606. The van der Waals surface area contributed by atoms with Crippen molar-refractivity contribution in [3.8, 4) is 0 Å². The first kappa shape index (κ1) is 9.85. The molecule has 1 saturated carbocycles. The summed E-state index contributed by atoms with van der Waals surface area (Å²) in [5.41, 5.74) is 9.39. The number of hydrogen-bond acceptors (Lipinski definition) is 2. The summed E-state index contributed by atoms with van der Waals surface area (Å²) >= 11 is 0. The lowest BCUT2D eigenvalue weighted by atomic mass is 9.82. The summed E-state index contributed by atoms with van der Waals surface area (Å²) in [5.74, 6) is 0.678. The molecule has 1 aromatic carbocycles. The van der Waals surface area contributed by atoms with Crippen LogP contribution in [0.1, 0.15) is 36.4 Å². The highest BCUT2D eigenvalue weighted by atomic mass is 15.3. The van der Waals surface area contributed by atoms with Crippen molar-refractivity contribution in [2.75, 3.05) is 0 Å². The van der Waals surface area contributed by atoms with E-state index in [0.717, 1.165) is 0 Å². The zero-order chi connectivity index (χ0) is 11.1. The van der Waals surface area contributed by atoms with Crippen LogP contribution in [-0.4, -0.2) is 9.78 Å². The fraction of sp³-hybridized carbons (Fsp3) is 0.462. The monoisotopic (exact) mass is 215 g/mol. The Hall–Kier alpha value is -1.35. The third-order valence-electron chi connectivity index (χ3n) is 3.67. The van der Waals surface area contributed by atoms with E-state index in [4.69, 9.17) is 5.73 Å². The zero-order valence-electron chi connectivity index (χ0n) is 9.61. The predicted octanol–water partition coefficient (Wildman–Crippen LogP) is 2.30. The average molecular weight is 215 g/mol. The van der Waals surface area contributed by atoms with Crippen LogP contribution in [0.4, 0.5) is 0 Å². The Morgan fingerprint density at radius 2 is 2.25 bits per heavy atom. The average Bonchev–Trinajstić information content (AvgIpc) is 2.54.